The Morgan fingerprint density at radius 3 is 2.56 bits per heavy atom. The average molecular weight is 240 g/mol. The highest BCUT2D eigenvalue weighted by atomic mass is 32.2. The van der Waals surface area contributed by atoms with Gasteiger partial charge in [-0.3, -0.25) is 0 Å². The SMILES string of the molecule is CCC1(C)SC1CCC(C)=CCCC(C)=O. The van der Waals surface area contributed by atoms with Crippen LogP contribution in [0, 0.1) is 0 Å². The number of carbonyl (C=O) groups is 1. The largest absolute Gasteiger partial charge is 0.300 e. The molecule has 1 aliphatic rings. The van der Waals surface area contributed by atoms with Crippen LogP contribution >= 0.6 is 11.8 Å². The number of thioether (sulfide) groups is 1. The quantitative estimate of drug-likeness (QED) is 0.485. The lowest BCUT2D eigenvalue weighted by Crippen LogP contribution is -2.06. The topological polar surface area (TPSA) is 17.1 Å². The van der Waals surface area contributed by atoms with Crippen molar-refractivity contribution in [1.29, 1.82) is 0 Å². The fraction of sp³-hybridized carbons (Fsp3) is 0.786. The summed E-state index contributed by atoms with van der Waals surface area (Å²) < 4.78 is 0.569. The van der Waals surface area contributed by atoms with Crippen molar-refractivity contribution in [3.8, 4) is 0 Å². The molecule has 0 aromatic carbocycles. The molecule has 1 saturated heterocycles. The van der Waals surface area contributed by atoms with E-state index in [1.54, 1.807) is 6.92 Å². The van der Waals surface area contributed by atoms with Gasteiger partial charge in [-0.2, -0.15) is 0 Å². The predicted octanol–water partition coefficient (Wildman–Crippen LogP) is 4.37. The van der Waals surface area contributed by atoms with Gasteiger partial charge in [-0.25, -0.2) is 0 Å². The molecule has 92 valence electrons. The Kier molecular flexibility index (Phi) is 5.10. The monoisotopic (exact) mass is 240 g/mol. The number of carbonyl (C=O) groups excluding carboxylic acids is 1. The lowest BCUT2D eigenvalue weighted by molar-refractivity contribution is -0.116. The third-order valence-corrected chi connectivity index (χ3v) is 5.43. The zero-order valence-electron chi connectivity index (χ0n) is 11.0. The van der Waals surface area contributed by atoms with Crippen molar-refractivity contribution >= 4 is 17.5 Å². The maximum atomic E-state index is 10.8. The zero-order chi connectivity index (χ0) is 12.2. The van der Waals surface area contributed by atoms with E-state index >= 15 is 0 Å². The minimum Gasteiger partial charge on any atom is -0.300 e. The Bertz CT molecular complexity index is 282. The van der Waals surface area contributed by atoms with Crippen LogP contribution in [0.2, 0.25) is 0 Å². The van der Waals surface area contributed by atoms with Crippen LogP contribution in [0.15, 0.2) is 11.6 Å². The molecule has 0 aromatic heterocycles. The fourth-order valence-electron chi connectivity index (χ4n) is 1.95. The van der Waals surface area contributed by atoms with E-state index < -0.39 is 0 Å². The summed E-state index contributed by atoms with van der Waals surface area (Å²) in [7, 11) is 0. The highest BCUT2D eigenvalue weighted by Gasteiger charge is 2.48. The fourth-order valence-corrected chi connectivity index (χ4v) is 3.22. The van der Waals surface area contributed by atoms with E-state index in [2.05, 4.69) is 38.6 Å². The highest BCUT2D eigenvalue weighted by molar-refractivity contribution is 8.08. The van der Waals surface area contributed by atoms with Crippen molar-refractivity contribution in [2.75, 3.05) is 0 Å². The highest BCUT2D eigenvalue weighted by Crippen LogP contribution is 2.57. The van der Waals surface area contributed by atoms with Crippen LogP contribution < -0.4 is 0 Å². The third-order valence-electron chi connectivity index (χ3n) is 3.53. The van der Waals surface area contributed by atoms with E-state index in [4.69, 9.17) is 0 Å². The van der Waals surface area contributed by atoms with Gasteiger partial charge in [-0.15, -0.1) is 11.8 Å². The summed E-state index contributed by atoms with van der Waals surface area (Å²) in [6.07, 6.45) is 7.64. The first-order chi connectivity index (χ1) is 7.48. The minimum atomic E-state index is 0.292. The number of hydrogen-bond acceptors (Lipinski definition) is 2. The second-order valence-electron chi connectivity index (χ2n) is 5.10. The molecule has 2 heteroatoms. The standard InChI is InChI=1S/C14H24OS/c1-5-14(4)13(16-14)10-9-11(2)7-6-8-12(3)15/h7,13H,5-6,8-10H2,1-4H3. The Labute approximate surface area is 104 Å². The lowest BCUT2D eigenvalue weighted by Gasteiger charge is -2.04. The summed E-state index contributed by atoms with van der Waals surface area (Å²) in [5.41, 5.74) is 1.45. The molecule has 0 saturated carbocycles. The molecule has 2 atom stereocenters. The van der Waals surface area contributed by atoms with Crippen LogP contribution in [-0.2, 0) is 4.79 Å². The molecule has 1 fully saturated rings. The Morgan fingerprint density at radius 1 is 1.38 bits per heavy atom. The second kappa shape index (κ2) is 5.90. The van der Waals surface area contributed by atoms with E-state index in [1.165, 1.54) is 24.8 Å². The molecule has 1 aliphatic heterocycles. The van der Waals surface area contributed by atoms with Crippen LogP contribution in [0.4, 0.5) is 0 Å². The number of Topliss-reactive ketones (excluding diaryl/α,β-unsaturated/α-hetero) is 1. The molecule has 0 aliphatic carbocycles. The maximum Gasteiger partial charge on any atom is 0.130 e. The van der Waals surface area contributed by atoms with E-state index in [0.717, 1.165) is 11.7 Å². The minimum absolute atomic E-state index is 0.292. The number of rotatable bonds is 7. The van der Waals surface area contributed by atoms with Crippen LogP contribution in [0.3, 0.4) is 0 Å². The van der Waals surface area contributed by atoms with Crippen molar-refractivity contribution in [1.82, 2.24) is 0 Å². The molecule has 0 N–H and O–H groups in total. The second-order valence-corrected chi connectivity index (χ2v) is 6.84. The summed E-state index contributed by atoms with van der Waals surface area (Å²) in [6.45, 7) is 8.51. The maximum absolute atomic E-state index is 10.8. The lowest BCUT2D eigenvalue weighted by atomic mass is 9.99. The summed E-state index contributed by atoms with van der Waals surface area (Å²) in [5, 5.41) is 0.869. The van der Waals surface area contributed by atoms with E-state index in [0.29, 0.717) is 17.0 Å². The molecule has 16 heavy (non-hydrogen) atoms. The smallest absolute Gasteiger partial charge is 0.130 e. The zero-order valence-corrected chi connectivity index (χ0v) is 11.8. The summed E-state index contributed by atoms with van der Waals surface area (Å²) in [6, 6.07) is 0. The van der Waals surface area contributed by atoms with Gasteiger partial charge in [0.1, 0.15) is 5.78 Å². The van der Waals surface area contributed by atoms with E-state index in [-0.39, 0.29) is 0 Å². The van der Waals surface area contributed by atoms with Gasteiger partial charge in [-0.05, 0) is 46.5 Å². The molecule has 1 heterocycles. The van der Waals surface area contributed by atoms with Gasteiger partial charge < -0.3 is 4.79 Å². The Balaban J connectivity index is 2.16. The summed E-state index contributed by atoms with van der Waals surface area (Å²) in [5.74, 6) is 0.292. The van der Waals surface area contributed by atoms with E-state index in [1.807, 2.05) is 0 Å². The molecular formula is C14H24OS. The van der Waals surface area contributed by atoms with Crippen molar-refractivity contribution in [2.24, 2.45) is 0 Å². The summed E-state index contributed by atoms with van der Waals surface area (Å²) in [4.78, 5) is 10.8. The van der Waals surface area contributed by atoms with Crippen molar-refractivity contribution < 1.29 is 4.79 Å². The summed E-state index contributed by atoms with van der Waals surface area (Å²) >= 11 is 2.13. The Morgan fingerprint density at radius 2 is 2.06 bits per heavy atom. The number of hydrogen-bond donors (Lipinski definition) is 0. The molecule has 0 bridgehead atoms. The molecule has 1 rings (SSSR count). The van der Waals surface area contributed by atoms with E-state index in [9.17, 15) is 4.79 Å². The van der Waals surface area contributed by atoms with Crippen LogP contribution in [-0.4, -0.2) is 15.8 Å². The third kappa shape index (κ3) is 4.32. The molecule has 0 radical (unpaired) electrons. The number of allylic oxidation sites excluding steroid dienone is 2. The van der Waals surface area contributed by atoms with Crippen LogP contribution in [0.5, 0.6) is 0 Å². The molecule has 0 amide bonds. The average Bonchev–Trinajstić information content (AvgIpc) is 2.87. The van der Waals surface area contributed by atoms with Gasteiger partial charge in [0.25, 0.3) is 0 Å². The van der Waals surface area contributed by atoms with Gasteiger partial charge in [0.15, 0.2) is 0 Å². The molecule has 1 nitrogen and oxygen atoms in total. The number of ketones is 1. The van der Waals surface area contributed by atoms with Crippen molar-refractivity contribution in [3.63, 3.8) is 0 Å². The molecule has 0 aromatic rings. The molecule has 2 unspecified atom stereocenters. The van der Waals surface area contributed by atoms with Crippen LogP contribution in [0.1, 0.15) is 59.8 Å². The van der Waals surface area contributed by atoms with Gasteiger partial charge in [0.2, 0.25) is 0 Å². The van der Waals surface area contributed by atoms with Crippen molar-refractivity contribution in [3.05, 3.63) is 11.6 Å². The molecular weight excluding hydrogens is 216 g/mol. The predicted molar refractivity (Wildman–Crippen MR) is 73.0 cm³/mol. The first kappa shape index (κ1) is 13.8. The van der Waals surface area contributed by atoms with Gasteiger partial charge in [-0.1, -0.05) is 18.6 Å². The van der Waals surface area contributed by atoms with Gasteiger partial charge in [0.05, 0.1) is 0 Å². The first-order valence-electron chi connectivity index (χ1n) is 6.31. The van der Waals surface area contributed by atoms with Gasteiger partial charge >= 0.3 is 0 Å². The van der Waals surface area contributed by atoms with Crippen LogP contribution in [0.25, 0.3) is 0 Å². The molecule has 0 spiro atoms. The van der Waals surface area contributed by atoms with Crippen molar-refractivity contribution in [2.45, 2.75) is 69.8 Å². The van der Waals surface area contributed by atoms with Gasteiger partial charge in [0, 0.05) is 16.4 Å². The first-order valence-corrected chi connectivity index (χ1v) is 7.19. The normalized spacial score (nSPS) is 29.2. The Hall–Kier alpha value is -0.240.